The van der Waals surface area contributed by atoms with E-state index in [9.17, 15) is 14.7 Å². The molecule has 6 heteroatoms. The van der Waals surface area contributed by atoms with Gasteiger partial charge < -0.3 is 14.6 Å². The van der Waals surface area contributed by atoms with Crippen molar-refractivity contribution < 1.29 is 24.2 Å². The van der Waals surface area contributed by atoms with Gasteiger partial charge in [-0.1, -0.05) is 42.5 Å². The van der Waals surface area contributed by atoms with Gasteiger partial charge in [-0.3, -0.25) is 14.5 Å². The molecule has 3 aromatic carbocycles. The molecular weight excluding hydrogens is 394 g/mol. The lowest BCUT2D eigenvalue weighted by Crippen LogP contribution is -2.29. The predicted octanol–water partition coefficient (Wildman–Crippen LogP) is 4.33. The summed E-state index contributed by atoms with van der Waals surface area (Å²) in [6.45, 7) is 0. The van der Waals surface area contributed by atoms with Crippen LogP contribution in [0.3, 0.4) is 0 Å². The number of anilines is 1. The van der Waals surface area contributed by atoms with E-state index in [-0.39, 0.29) is 11.3 Å². The van der Waals surface area contributed by atoms with Crippen LogP contribution in [0, 0.1) is 0 Å². The van der Waals surface area contributed by atoms with E-state index in [4.69, 9.17) is 9.47 Å². The van der Waals surface area contributed by atoms with Crippen molar-refractivity contribution in [2.24, 2.45) is 0 Å². The first-order valence-electron chi connectivity index (χ1n) is 9.69. The number of aliphatic hydroxyl groups excluding tert-OH is 1. The van der Waals surface area contributed by atoms with E-state index in [0.29, 0.717) is 28.3 Å². The van der Waals surface area contributed by atoms with Crippen LogP contribution in [0.2, 0.25) is 0 Å². The number of para-hydroxylation sites is 1. The van der Waals surface area contributed by atoms with Crippen LogP contribution in [0.1, 0.15) is 17.2 Å². The number of Topliss-reactive ketones (excluding diaryl/α,β-unsaturated/α-hetero) is 1. The number of carbonyl (C=O) groups excluding carboxylic acids is 2. The Morgan fingerprint density at radius 2 is 1.48 bits per heavy atom. The third-order valence-electron chi connectivity index (χ3n) is 5.23. The number of nitrogens with zero attached hydrogens (tertiary/aromatic N) is 1. The van der Waals surface area contributed by atoms with Crippen LogP contribution in [0.4, 0.5) is 5.69 Å². The summed E-state index contributed by atoms with van der Waals surface area (Å²) in [6.07, 6.45) is 0. The number of methoxy groups -OCH3 is 2. The molecule has 0 spiro atoms. The summed E-state index contributed by atoms with van der Waals surface area (Å²) in [6, 6.07) is 21.9. The molecule has 3 aromatic rings. The molecular formula is C25H21NO5. The van der Waals surface area contributed by atoms with E-state index in [2.05, 4.69) is 0 Å². The molecule has 1 heterocycles. The van der Waals surface area contributed by atoms with E-state index in [1.807, 2.05) is 6.07 Å². The number of hydrogen-bond donors (Lipinski definition) is 1. The fraction of sp³-hybridized carbons (Fsp3) is 0.120. The smallest absolute Gasteiger partial charge is 0.300 e. The standard InChI is InChI=1S/C25H21NO5/c1-30-19-12-6-8-16(14-19)22-21(23(27)17-9-7-13-20(15-17)31-2)24(28)25(29)26(22)18-10-4-3-5-11-18/h3-15,22,27H,1-2H3/b23-21-. The van der Waals surface area contributed by atoms with E-state index in [1.165, 1.54) is 12.0 Å². The molecule has 1 fully saturated rings. The van der Waals surface area contributed by atoms with Gasteiger partial charge in [-0.25, -0.2) is 0 Å². The lowest BCUT2D eigenvalue weighted by Gasteiger charge is -2.25. The van der Waals surface area contributed by atoms with E-state index < -0.39 is 17.7 Å². The lowest BCUT2D eigenvalue weighted by atomic mass is 9.95. The van der Waals surface area contributed by atoms with Crippen LogP contribution in [-0.2, 0) is 9.59 Å². The van der Waals surface area contributed by atoms with E-state index in [0.717, 1.165) is 0 Å². The van der Waals surface area contributed by atoms with Gasteiger partial charge >= 0.3 is 0 Å². The van der Waals surface area contributed by atoms with Crippen molar-refractivity contribution in [1.29, 1.82) is 0 Å². The highest BCUT2D eigenvalue weighted by Gasteiger charge is 2.47. The second kappa shape index (κ2) is 8.36. The molecule has 1 saturated heterocycles. The third kappa shape index (κ3) is 3.64. The lowest BCUT2D eigenvalue weighted by molar-refractivity contribution is -0.132. The fourth-order valence-corrected chi connectivity index (χ4v) is 3.74. The van der Waals surface area contributed by atoms with Crippen molar-refractivity contribution in [3.8, 4) is 11.5 Å². The van der Waals surface area contributed by atoms with Gasteiger partial charge in [0.1, 0.15) is 17.3 Å². The Labute approximate surface area is 180 Å². The molecule has 1 amide bonds. The zero-order valence-corrected chi connectivity index (χ0v) is 17.1. The summed E-state index contributed by atoms with van der Waals surface area (Å²) in [4.78, 5) is 27.6. The summed E-state index contributed by atoms with van der Waals surface area (Å²) in [7, 11) is 3.06. The normalized spacial score (nSPS) is 17.6. The Morgan fingerprint density at radius 1 is 0.839 bits per heavy atom. The minimum absolute atomic E-state index is 0.00959. The molecule has 1 aliphatic heterocycles. The van der Waals surface area contributed by atoms with Gasteiger partial charge in [0, 0.05) is 11.3 Å². The van der Waals surface area contributed by atoms with Gasteiger partial charge in [0.2, 0.25) is 0 Å². The Hall–Kier alpha value is -4.06. The van der Waals surface area contributed by atoms with Gasteiger partial charge in [-0.2, -0.15) is 0 Å². The Bertz CT molecular complexity index is 1170. The van der Waals surface area contributed by atoms with Crippen molar-refractivity contribution >= 4 is 23.1 Å². The highest BCUT2D eigenvalue weighted by Crippen LogP contribution is 2.42. The molecule has 4 rings (SSSR count). The molecule has 1 atom stereocenters. The van der Waals surface area contributed by atoms with Gasteiger partial charge in [-0.15, -0.1) is 0 Å². The van der Waals surface area contributed by atoms with E-state index in [1.54, 1.807) is 79.9 Å². The molecule has 0 aromatic heterocycles. The molecule has 156 valence electrons. The second-order valence-electron chi connectivity index (χ2n) is 7.01. The first-order valence-corrected chi connectivity index (χ1v) is 9.69. The highest BCUT2D eigenvalue weighted by atomic mass is 16.5. The van der Waals surface area contributed by atoms with Crippen molar-refractivity contribution in [2.75, 3.05) is 19.1 Å². The van der Waals surface area contributed by atoms with Gasteiger partial charge in [0.15, 0.2) is 0 Å². The average Bonchev–Trinajstić information content (AvgIpc) is 3.09. The molecule has 1 aliphatic rings. The number of amides is 1. The molecule has 0 radical (unpaired) electrons. The van der Waals surface area contributed by atoms with Crippen LogP contribution >= 0.6 is 0 Å². The molecule has 1 unspecified atom stereocenters. The Kier molecular flexibility index (Phi) is 5.45. The van der Waals surface area contributed by atoms with Crippen LogP contribution in [-0.4, -0.2) is 31.0 Å². The van der Waals surface area contributed by atoms with Crippen LogP contribution < -0.4 is 14.4 Å². The molecule has 0 saturated carbocycles. The van der Waals surface area contributed by atoms with Crippen molar-refractivity contribution in [3.63, 3.8) is 0 Å². The second-order valence-corrected chi connectivity index (χ2v) is 7.01. The van der Waals surface area contributed by atoms with Gasteiger partial charge in [0.25, 0.3) is 11.7 Å². The van der Waals surface area contributed by atoms with Crippen LogP contribution in [0.5, 0.6) is 11.5 Å². The quantitative estimate of drug-likeness (QED) is 0.381. The fourth-order valence-electron chi connectivity index (χ4n) is 3.74. The highest BCUT2D eigenvalue weighted by molar-refractivity contribution is 6.51. The zero-order valence-electron chi connectivity index (χ0n) is 17.1. The average molecular weight is 415 g/mol. The third-order valence-corrected chi connectivity index (χ3v) is 5.23. The maximum absolute atomic E-state index is 13.1. The minimum Gasteiger partial charge on any atom is -0.507 e. The number of benzene rings is 3. The Morgan fingerprint density at radius 3 is 2.16 bits per heavy atom. The van der Waals surface area contributed by atoms with Crippen LogP contribution in [0.15, 0.2) is 84.4 Å². The monoisotopic (exact) mass is 415 g/mol. The zero-order chi connectivity index (χ0) is 22.0. The van der Waals surface area contributed by atoms with Gasteiger partial charge in [-0.05, 0) is 42.0 Å². The number of hydrogen-bond acceptors (Lipinski definition) is 5. The SMILES string of the molecule is COc1cccc(/C(O)=C2/C(=O)C(=O)N(c3ccccc3)C2c2cccc(OC)c2)c1. The molecule has 0 bridgehead atoms. The van der Waals surface area contributed by atoms with Crippen molar-refractivity contribution in [2.45, 2.75) is 6.04 Å². The molecule has 1 N–H and O–H groups in total. The van der Waals surface area contributed by atoms with E-state index >= 15 is 0 Å². The first kappa shape index (κ1) is 20.2. The summed E-state index contributed by atoms with van der Waals surface area (Å²) >= 11 is 0. The largest absolute Gasteiger partial charge is 0.507 e. The number of ketones is 1. The van der Waals surface area contributed by atoms with Gasteiger partial charge in [0.05, 0.1) is 25.8 Å². The predicted molar refractivity (Wildman–Crippen MR) is 117 cm³/mol. The number of rotatable bonds is 5. The van der Waals surface area contributed by atoms with Crippen molar-refractivity contribution in [3.05, 3.63) is 95.6 Å². The molecule has 31 heavy (non-hydrogen) atoms. The number of ether oxygens (including phenoxy) is 2. The maximum Gasteiger partial charge on any atom is 0.300 e. The summed E-state index contributed by atoms with van der Waals surface area (Å²) in [5.74, 6) is -0.610. The summed E-state index contributed by atoms with van der Waals surface area (Å²) in [5, 5.41) is 11.1. The first-order chi connectivity index (χ1) is 15.0. The summed E-state index contributed by atoms with van der Waals surface area (Å²) in [5.41, 5.74) is 1.60. The number of aliphatic hydroxyl groups is 1. The Balaban J connectivity index is 1.95. The minimum atomic E-state index is -0.816. The molecule has 0 aliphatic carbocycles. The number of carbonyl (C=O) groups is 2. The topological polar surface area (TPSA) is 76.1 Å². The molecule has 6 nitrogen and oxygen atoms in total. The van der Waals surface area contributed by atoms with Crippen molar-refractivity contribution in [1.82, 2.24) is 0 Å². The summed E-state index contributed by atoms with van der Waals surface area (Å²) < 4.78 is 10.6. The van der Waals surface area contributed by atoms with Crippen LogP contribution in [0.25, 0.3) is 5.76 Å². The maximum atomic E-state index is 13.1.